The molecule has 2 unspecified atom stereocenters. The number of hydrogen-bond donors (Lipinski definition) is 1. The molecule has 50 valence electrons. The van der Waals surface area contributed by atoms with Crippen LogP contribution in [0.4, 0.5) is 0 Å². The van der Waals surface area contributed by atoms with E-state index in [0.717, 1.165) is 18.8 Å². The summed E-state index contributed by atoms with van der Waals surface area (Å²) in [7, 11) is 0. The van der Waals surface area contributed by atoms with Crippen molar-refractivity contribution in [2.75, 3.05) is 0 Å². The highest BCUT2D eigenvalue weighted by atomic mass is 14.7. The van der Waals surface area contributed by atoms with Crippen LogP contribution in [0.3, 0.4) is 0 Å². The van der Waals surface area contributed by atoms with Crippen LogP contribution in [0.15, 0.2) is 0 Å². The lowest BCUT2D eigenvalue weighted by Gasteiger charge is -1.90. The van der Waals surface area contributed by atoms with Crippen molar-refractivity contribution in [2.24, 2.45) is 11.7 Å². The smallest absolute Gasteiger partial charge is 0.0621 e. The number of nitrogens with zero attached hydrogens (tertiary/aromatic N) is 1. The molecule has 0 saturated heterocycles. The predicted octanol–water partition coefficient (Wildman–Crippen LogP) is 1.03. The minimum atomic E-state index is 0.462. The van der Waals surface area contributed by atoms with Gasteiger partial charge in [0.1, 0.15) is 0 Å². The van der Waals surface area contributed by atoms with Crippen LogP contribution in [-0.2, 0) is 0 Å². The molecule has 0 amide bonds. The summed E-state index contributed by atoms with van der Waals surface area (Å²) in [4.78, 5) is 0. The Morgan fingerprint density at radius 3 is 2.78 bits per heavy atom. The van der Waals surface area contributed by atoms with Crippen molar-refractivity contribution in [1.82, 2.24) is 0 Å². The van der Waals surface area contributed by atoms with E-state index in [1.165, 1.54) is 6.42 Å². The first kappa shape index (κ1) is 6.57. The third-order valence-corrected chi connectivity index (χ3v) is 1.84. The zero-order valence-corrected chi connectivity index (χ0v) is 5.51. The monoisotopic (exact) mass is 124 g/mol. The first-order chi connectivity index (χ1) is 4.34. The van der Waals surface area contributed by atoms with Gasteiger partial charge in [0.25, 0.3) is 0 Å². The fourth-order valence-corrected chi connectivity index (χ4v) is 1.05. The molecule has 1 aliphatic rings. The fraction of sp³-hybridized carbons (Fsp3) is 0.857. The number of unbranched alkanes of at least 4 members (excludes halogenated alkanes) is 1. The summed E-state index contributed by atoms with van der Waals surface area (Å²) in [6.45, 7) is 0. The molecule has 2 nitrogen and oxygen atoms in total. The quantitative estimate of drug-likeness (QED) is 0.571. The van der Waals surface area contributed by atoms with Gasteiger partial charge in [0, 0.05) is 12.5 Å². The molecule has 1 rings (SSSR count). The highest BCUT2D eigenvalue weighted by Crippen LogP contribution is 2.32. The van der Waals surface area contributed by atoms with Gasteiger partial charge in [0.2, 0.25) is 0 Å². The second-order valence-electron chi connectivity index (χ2n) is 2.71. The van der Waals surface area contributed by atoms with Crippen molar-refractivity contribution in [1.29, 1.82) is 5.26 Å². The van der Waals surface area contributed by atoms with E-state index in [4.69, 9.17) is 11.0 Å². The summed E-state index contributed by atoms with van der Waals surface area (Å²) in [6, 6.07) is 2.59. The lowest BCUT2D eigenvalue weighted by molar-refractivity contribution is 0.659. The Morgan fingerprint density at radius 2 is 2.33 bits per heavy atom. The molecule has 0 spiro atoms. The van der Waals surface area contributed by atoms with E-state index in [1.54, 1.807) is 0 Å². The van der Waals surface area contributed by atoms with Crippen LogP contribution in [0.1, 0.15) is 25.7 Å². The maximum absolute atomic E-state index is 8.18. The Labute approximate surface area is 55.7 Å². The SMILES string of the molecule is N#CCCCC1CC1N. The average molecular weight is 124 g/mol. The van der Waals surface area contributed by atoms with Crippen molar-refractivity contribution in [3.8, 4) is 6.07 Å². The number of rotatable bonds is 3. The number of nitriles is 1. The van der Waals surface area contributed by atoms with Gasteiger partial charge in [0.15, 0.2) is 0 Å². The van der Waals surface area contributed by atoms with Crippen molar-refractivity contribution in [3.05, 3.63) is 0 Å². The summed E-state index contributed by atoms with van der Waals surface area (Å²) in [5.41, 5.74) is 5.57. The summed E-state index contributed by atoms with van der Waals surface area (Å²) < 4.78 is 0. The second kappa shape index (κ2) is 2.84. The average Bonchev–Trinajstić information content (AvgIpc) is 2.48. The standard InChI is InChI=1S/C7H12N2/c8-4-2-1-3-6-5-7(6)9/h6-7H,1-3,5,9H2. The molecule has 0 heterocycles. The fourth-order valence-electron chi connectivity index (χ4n) is 1.05. The van der Waals surface area contributed by atoms with Gasteiger partial charge >= 0.3 is 0 Å². The van der Waals surface area contributed by atoms with E-state index >= 15 is 0 Å². The summed E-state index contributed by atoms with van der Waals surface area (Å²) in [6.07, 6.45) is 4.08. The van der Waals surface area contributed by atoms with Crippen LogP contribution in [0.5, 0.6) is 0 Å². The minimum Gasteiger partial charge on any atom is -0.327 e. The predicted molar refractivity (Wildman–Crippen MR) is 35.5 cm³/mol. The maximum Gasteiger partial charge on any atom is 0.0621 e. The lowest BCUT2D eigenvalue weighted by Crippen LogP contribution is -2.01. The topological polar surface area (TPSA) is 49.8 Å². The zero-order valence-electron chi connectivity index (χ0n) is 5.51. The summed E-state index contributed by atoms with van der Waals surface area (Å²) >= 11 is 0. The molecule has 2 N–H and O–H groups in total. The van der Waals surface area contributed by atoms with Gasteiger partial charge in [-0.25, -0.2) is 0 Å². The van der Waals surface area contributed by atoms with Gasteiger partial charge in [-0.05, 0) is 25.2 Å². The van der Waals surface area contributed by atoms with E-state index in [2.05, 4.69) is 6.07 Å². The Morgan fingerprint density at radius 1 is 1.67 bits per heavy atom. The van der Waals surface area contributed by atoms with Gasteiger partial charge < -0.3 is 5.73 Å². The third kappa shape index (κ3) is 2.03. The molecule has 2 atom stereocenters. The van der Waals surface area contributed by atoms with Crippen molar-refractivity contribution in [2.45, 2.75) is 31.7 Å². The molecule has 0 radical (unpaired) electrons. The molecule has 2 heteroatoms. The zero-order chi connectivity index (χ0) is 6.69. The summed E-state index contributed by atoms with van der Waals surface area (Å²) in [5.74, 6) is 0.748. The molecule has 0 aromatic rings. The highest BCUT2D eigenvalue weighted by Gasteiger charge is 2.31. The highest BCUT2D eigenvalue weighted by molar-refractivity contribution is 4.90. The van der Waals surface area contributed by atoms with Crippen LogP contribution in [0.25, 0.3) is 0 Å². The van der Waals surface area contributed by atoms with Crippen LogP contribution >= 0.6 is 0 Å². The van der Waals surface area contributed by atoms with Crippen LogP contribution in [-0.4, -0.2) is 6.04 Å². The van der Waals surface area contributed by atoms with Crippen LogP contribution < -0.4 is 5.73 Å². The first-order valence-corrected chi connectivity index (χ1v) is 3.47. The Balaban J connectivity index is 1.90. The van der Waals surface area contributed by atoms with Crippen molar-refractivity contribution >= 4 is 0 Å². The normalized spacial score (nSPS) is 31.6. The van der Waals surface area contributed by atoms with Crippen LogP contribution in [0.2, 0.25) is 0 Å². The molecule has 1 aliphatic carbocycles. The van der Waals surface area contributed by atoms with Crippen LogP contribution in [0, 0.1) is 17.2 Å². The van der Waals surface area contributed by atoms with E-state index in [9.17, 15) is 0 Å². The lowest BCUT2D eigenvalue weighted by atomic mass is 10.2. The molecular weight excluding hydrogens is 112 g/mol. The molecule has 0 aromatic carbocycles. The molecule has 1 saturated carbocycles. The number of hydrogen-bond acceptors (Lipinski definition) is 2. The Bertz CT molecular complexity index is 125. The molecular formula is C7H12N2. The van der Waals surface area contributed by atoms with Gasteiger partial charge in [-0.3, -0.25) is 0 Å². The van der Waals surface area contributed by atoms with E-state index in [-0.39, 0.29) is 0 Å². The third-order valence-electron chi connectivity index (χ3n) is 1.84. The molecule has 1 fully saturated rings. The van der Waals surface area contributed by atoms with E-state index in [0.29, 0.717) is 12.5 Å². The van der Waals surface area contributed by atoms with Crippen molar-refractivity contribution in [3.63, 3.8) is 0 Å². The second-order valence-corrected chi connectivity index (χ2v) is 2.71. The van der Waals surface area contributed by atoms with Gasteiger partial charge in [-0.1, -0.05) is 0 Å². The largest absolute Gasteiger partial charge is 0.327 e. The van der Waals surface area contributed by atoms with Gasteiger partial charge in [-0.15, -0.1) is 0 Å². The van der Waals surface area contributed by atoms with E-state index in [1.807, 2.05) is 0 Å². The summed E-state index contributed by atoms with van der Waals surface area (Å²) in [5, 5.41) is 8.18. The Hall–Kier alpha value is -0.550. The van der Waals surface area contributed by atoms with E-state index < -0.39 is 0 Å². The first-order valence-electron chi connectivity index (χ1n) is 3.47. The molecule has 0 aliphatic heterocycles. The Kier molecular flexibility index (Phi) is 2.07. The molecule has 9 heavy (non-hydrogen) atoms. The van der Waals surface area contributed by atoms with Gasteiger partial charge in [-0.2, -0.15) is 5.26 Å². The maximum atomic E-state index is 8.18. The minimum absolute atomic E-state index is 0.462. The van der Waals surface area contributed by atoms with Gasteiger partial charge in [0.05, 0.1) is 6.07 Å². The van der Waals surface area contributed by atoms with Crippen molar-refractivity contribution < 1.29 is 0 Å². The number of nitrogens with two attached hydrogens (primary N) is 1. The molecule has 0 bridgehead atoms. The molecule has 0 aromatic heterocycles.